The quantitative estimate of drug-likeness (QED) is 0.824. The molecule has 1 aromatic carbocycles. The lowest BCUT2D eigenvalue weighted by atomic mass is 9.88. The van der Waals surface area contributed by atoms with Crippen LogP contribution >= 0.6 is 0 Å². The number of rotatable bonds is 5. The Morgan fingerprint density at radius 3 is 2.96 bits per heavy atom. The molecular formula is C18H23N3O3. The van der Waals surface area contributed by atoms with Crippen molar-refractivity contribution in [3.63, 3.8) is 0 Å². The fraction of sp³-hybridized carbons (Fsp3) is 0.500. The smallest absolute Gasteiger partial charge is 0.287 e. The molecule has 0 radical (unpaired) electrons. The topological polar surface area (TPSA) is 84.1 Å². The second kappa shape index (κ2) is 7.57. The maximum atomic E-state index is 12.2. The molecule has 0 saturated heterocycles. The highest BCUT2D eigenvalue weighted by atomic mass is 16.5. The Morgan fingerprint density at radius 1 is 1.33 bits per heavy atom. The molecule has 2 N–H and O–H groups in total. The predicted octanol–water partition coefficient (Wildman–Crippen LogP) is 2.25. The fourth-order valence-corrected chi connectivity index (χ4v) is 3.18. The van der Waals surface area contributed by atoms with E-state index in [1.807, 2.05) is 0 Å². The van der Waals surface area contributed by atoms with E-state index in [1.54, 1.807) is 24.3 Å². The monoisotopic (exact) mass is 329 g/mol. The average molecular weight is 329 g/mol. The second-order valence-corrected chi connectivity index (χ2v) is 6.36. The van der Waals surface area contributed by atoms with Crippen LogP contribution in [0.1, 0.15) is 43.2 Å². The second-order valence-electron chi connectivity index (χ2n) is 6.36. The Hall–Kier alpha value is -2.21. The van der Waals surface area contributed by atoms with Crippen molar-refractivity contribution in [1.29, 1.82) is 0 Å². The minimum atomic E-state index is -0.391. The number of hydrogen-bond donors (Lipinski definition) is 2. The minimum Gasteiger partial charge on any atom is -0.376 e. The van der Waals surface area contributed by atoms with E-state index in [0.29, 0.717) is 30.0 Å². The lowest BCUT2D eigenvalue weighted by Crippen LogP contribution is -2.33. The van der Waals surface area contributed by atoms with E-state index in [1.165, 1.54) is 19.3 Å². The van der Waals surface area contributed by atoms with Gasteiger partial charge in [0.2, 0.25) is 0 Å². The van der Waals surface area contributed by atoms with Crippen molar-refractivity contribution < 1.29 is 9.53 Å². The molecule has 1 aliphatic rings. The summed E-state index contributed by atoms with van der Waals surface area (Å²) in [6, 6.07) is 6.95. The normalized spacial score (nSPS) is 20.9. The summed E-state index contributed by atoms with van der Waals surface area (Å²) in [6.45, 7) is 3.09. The molecule has 2 atom stereocenters. The van der Waals surface area contributed by atoms with E-state index in [-0.39, 0.29) is 17.5 Å². The Kier molecular flexibility index (Phi) is 5.25. The van der Waals surface area contributed by atoms with Crippen LogP contribution in [0.2, 0.25) is 0 Å². The Bertz CT molecular complexity index is 771. The first kappa shape index (κ1) is 16.6. The van der Waals surface area contributed by atoms with Crippen LogP contribution in [-0.2, 0) is 4.74 Å². The largest absolute Gasteiger partial charge is 0.376 e. The number of aromatic nitrogens is 2. The molecule has 1 aromatic heterocycles. The molecule has 1 amide bonds. The van der Waals surface area contributed by atoms with Crippen molar-refractivity contribution in [2.75, 3.05) is 13.2 Å². The molecule has 1 saturated carbocycles. The number of carbonyl (C=O) groups excluding carboxylic acids is 1. The third-order valence-electron chi connectivity index (χ3n) is 4.58. The van der Waals surface area contributed by atoms with Crippen molar-refractivity contribution in [2.45, 2.75) is 38.7 Å². The molecule has 24 heavy (non-hydrogen) atoms. The first-order valence-corrected chi connectivity index (χ1v) is 8.54. The standard InChI is InChI=1S/C18H23N3O3/c1-12-6-2-5-9-15(12)24-11-10-19-18(23)16-20-14-8-4-3-7-13(14)17(22)21-16/h3-4,7-8,12,15H,2,5-6,9-11H2,1H3,(H,19,23)(H,20,21,22)/t12-,15-/m0/s1. The van der Waals surface area contributed by atoms with Gasteiger partial charge in [-0.3, -0.25) is 9.59 Å². The number of nitrogens with one attached hydrogen (secondary N) is 2. The van der Waals surface area contributed by atoms with Crippen LogP contribution in [0.4, 0.5) is 0 Å². The molecular weight excluding hydrogens is 306 g/mol. The van der Waals surface area contributed by atoms with Crippen LogP contribution in [-0.4, -0.2) is 35.1 Å². The van der Waals surface area contributed by atoms with Crippen molar-refractivity contribution in [3.05, 3.63) is 40.4 Å². The maximum absolute atomic E-state index is 12.2. The van der Waals surface area contributed by atoms with Gasteiger partial charge in [0.15, 0.2) is 5.82 Å². The molecule has 6 heteroatoms. The van der Waals surface area contributed by atoms with E-state index in [0.717, 1.165) is 6.42 Å². The van der Waals surface area contributed by atoms with Crippen molar-refractivity contribution in [1.82, 2.24) is 15.3 Å². The summed E-state index contributed by atoms with van der Waals surface area (Å²) in [5.74, 6) is 0.218. The molecule has 1 fully saturated rings. The number of carbonyl (C=O) groups is 1. The van der Waals surface area contributed by atoms with Gasteiger partial charge >= 0.3 is 0 Å². The molecule has 1 aliphatic carbocycles. The molecule has 0 aliphatic heterocycles. The van der Waals surface area contributed by atoms with E-state index < -0.39 is 5.91 Å². The molecule has 0 bridgehead atoms. The zero-order chi connectivity index (χ0) is 16.9. The average Bonchev–Trinajstić information content (AvgIpc) is 2.60. The molecule has 2 aromatic rings. The number of hydrogen-bond acceptors (Lipinski definition) is 4. The highest BCUT2D eigenvalue weighted by molar-refractivity contribution is 5.92. The highest BCUT2D eigenvalue weighted by Gasteiger charge is 2.21. The van der Waals surface area contributed by atoms with Gasteiger partial charge in [-0.1, -0.05) is 31.9 Å². The van der Waals surface area contributed by atoms with E-state index in [2.05, 4.69) is 22.2 Å². The molecule has 0 spiro atoms. The number of nitrogens with zero attached hydrogens (tertiary/aromatic N) is 1. The van der Waals surface area contributed by atoms with Gasteiger partial charge in [-0.05, 0) is 30.9 Å². The van der Waals surface area contributed by atoms with Gasteiger partial charge in [0, 0.05) is 6.54 Å². The van der Waals surface area contributed by atoms with Crippen LogP contribution in [0.3, 0.4) is 0 Å². The summed E-state index contributed by atoms with van der Waals surface area (Å²) in [5, 5.41) is 3.22. The zero-order valence-electron chi connectivity index (χ0n) is 13.9. The lowest BCUT2D eigenvalue weighted by Gasteiger charge is -2.28. The summed E-state index contributed by atoms with van der Waals surface area (Å²) < 4.78 is 5.87. The zero-order valence-corrected chi connectivity index (χ0v) is 13.9. The van der Waals surface area contributed by atoms with Crippen LogP contribution in [0, 0.1) is 5.92 Å². The van der Waals surface area contributed by atoms with Gasteiger partial charge < -0.3 is 15.0 Å². The highest BCUT2D eigenvalue weighted by Crippen LogP contribution is 2.25. The predicted molar refractivity (Wildman–Crippen MR) is 92.1 cm³/mol. The SMILES string of the molecule is C[C@H]1CCCC[C@@H]1OCCNC(=O)c1nc2ccccc2c(=O)[nH]1. The number of aromatic amines is 1. The fourth-order valence-electron chi connectivity index (χ4n) is 3.18. The minimum absolute atomic E-state index is 0.0322. The Balaban J connectivity index is 1.54. The maximum Gasteiger partial charge on any atom is 0.287 e. The molecule has 128 valence electrons. The molecule has 6 nitrogen and oxygen atoms in total. The van der Waals surface area contributed by atoms with Gasteiger partial charge in [0.05, 0.1) is 23.6 Å². The number of amides is 1. The first-order chi connectivity index (χ1) is 11.6. The third kappa shape index (κ3) is 3.82. The number of H-pyrrole nitrogens is 1. The summed E-state index contributed by atoms with van der Waals surface area (Å²) in [6.07, 6.45) is 5.07. The Labute approximate surface area is 140 Å². The van der Waals surface area contributed by atoms with Crippen LogP contribution in [0.25, 0.3) is 10.9 Å². The summed E-state index contributed by atoms with van der Waals surface area (Å²) >= 11 is 0. The summed E-state index contributed by atoms with van der Waals surface area (Å²) in [4.78, 5) is 30.9. The molecule has 3 rings (SSSR count). The van der Waals surface area contributed by atoms with Crippen LogP contribution < -0.4 is 10.9 Å². The lowest BCUT2D eigenvalue weighted by molar-refractivity contribution is -0.00296. The van der Waals surface area contributed by atoms with Gasteiger partial charge in [-0.25, -0.2) is 4.98 Å². The number of benzene rings is 1. The first-order valence-electron chi connectivity index (χ1n) is 8.54. The molecule has 1 heterocycles. The summed E-state index contributed by atoms with van der Waals surface area (Å²) in [5.41, 5.74) is 0.205. The molecule has 0 unspecified atom stereocenters. The third-order valence-corrected chi connectivity index (χ3v) is 4.58. The Morgan fingerprint density at radius 2 is 2.12 bits per heavy atom. The van der Waals surface area contributed by atoms with Crippen molar-refractivity contribution in [2.24, 2.45) is 5.92 Å². The van der Waals surface area contributed by atoms with Crippen molar-refractivity contribution in [3.8, 4) is 0 Å². The number of ether oxygens (including phenoxy) is 1. The van der Waals surface area contributed by atoms with Gasteiger partial charge in [0.25, 0.3) is 11.5 Å². The van der Waals surface area contributed by atoms with Crippen LogP contribution in [0.5, 0.6) is 0 Å². The van der Waals surface area contributed by atoms with Gasteiger partial charge in [0.1, 0.15) is 0 Å². The van der Waals surface area contributed by atoms with E-state index in [4.69, 9.17) is 4.74 Å². The number of para-hydroxylation sites is 1. The van der Waals surface area contributed by atoms with Crippen LogP contribution in [0.15, 0.2) is 29.1 Å². The van der Waals surface area contributed by atoms with Gasteiger partial charge in [-0.15, -0.1) is 0 Å². The van der Waals surface area contributed by atoms with E-state index >= 15 is 0 Å². The number of fused-ring (bicyclic) bond motifs is 1. The van der Waals surface area contributed by atoms with E-state index in [9.17, 15) is 9.59 Å². The summed E-state index contributed by atoms with van der Waals surface area (Å²) in [7, 11) is 0. The van der Waals surface area contributed by atoms with Gasteiger partial charge in [-0.2, -0.15) is 0 Å². The van der Waals surface area contributed by atoms with Crippen molar-refractivity contribution >= 4 is 16.8 Å².